The third-order valence-electron chi connectivity index (χ3n) is 4.23. The van der Waals surface area contributed by atoms with Crippen molar-refractivity contribution in [3.05, 3.63) is 23.8 Å². The maximum Gasteiger partial charge on any atom is 0.184 e. The van der Waals surface area contributed by atoms with Crippen molar-refractivity contribution < 1.29 is 8.78 Å². The fourth-order valence-corrected chi connectivity index (χ4v) is 2.63. The number of nitrogen functional groups attached to an aromatic ring is 1. The van der Waals surface area contributed by atoms with Crippen LogP contribution in [0.2, 0.25) is 0 Å². The van der Waals surface area contributed by atoms with E-state index < -0.39 is 11.6 Å². The van der Waals surface area contributed by atoms with Crippen LogP contribution in [0.1, 0.15) is 40.0 Å². The largest absolute Gasteiger partial charge is 0.398 e. The van der Waals surface area contributed by atoms with Gasteiger partial charge in [0, 0.05) is 17.3 Å². The van der Waals surface area contributed by atoms with Crippen LogP contribution in [0.3, 0.4) is 0 Å². The Balaban J connectivity index is 2.63. The average molecular weight is 295 g/mol. The van der Waals surface area contributed by atoms with Crippen LogP contribution in [0.5, 0.6) is 0 Å². The van der Waals surface area contributed by atoms with Gasteiger partial charge in [0.2, 0.25) is 0 Å². The number of nitrogens with two attached hydrogens (primary N) is 1. The monoisotopic (exact) mass is 295 g/mol. The van der Waals surface area contributed by atoms with Gasteiger partial charge >= 0.3 is 0 Å². The van der Waals surface area contributed by atoms with Crippen LogP contribution < -0.4 is 5.73 Å². The van der Waals surface area contributed by atoms with Crippen molar-refractivity contribution in [1.29, 1.82) is 0 Å². The Bertz CT molecular complexity index is 626. The van der Waals surface area contributed by atoms with E-state index in [0.29, 0.717) is 11.4 Å². The Hall–Kier alpha value is -2.05. The summed E-state index contributed by atoms with van der Waals surface area (Å²) in [6.45, 7) is 6.15. The first-order valence-electron chi connectivity index (χ1n) is 7.02. The number of benzene rings is 1. The van der Waals surface area contributed by atoms with Crippen LogP contribution in [0.15, 0.2) is 12.1 Å². The highest BCUT2D eigenvalue weighted by Gasteiger charge is 2.31. The Labute approximate surface area is 122 Å². The van der Waals surface area contributed by atoms with Gasteiger partial charge in [-0.2, -0.15) is 0 Å². The number of hydrogen-bond donors (Lipinski definition) is 1. The summed E-state index contributed by atoms with van der Waals surface area (Å²) in [6.07, 6.45) is 2.46. The highest BCUT2D eigenvalue weighted by atomic mass is 19.2. The number of anilines is 1. The minimum Gasteiger partial charge on any atom is -0.398 e. The molecule has 0 unspecified atom stereocenters. The SMILES string of the molecule is CCC(CC)(CC)n1nnnc1-c1cc(F)c(F)cc1N. The summed E-state index contributed by atoms with van der Waals surface area (Å²) in [5.41, 5.74) is 5.95. The van der Waals surface area contributed by atoms with E-state index in [9.17, 15) is 8.78 Å². The number of halogens is 2. The molecule has 0 bridgehead atoms. The van der Waals surface area contributed by atoms with Crippen molar-refractivity contribution in [3.8, 4) is 11.4 Å². The van der Waals surface area contributed by atoms with Gasteiger partial charge < -0.3 is 5.73 Å². The Morgan fingerprint density at radius 1 is 1.10 bits per heavy atom. The van der Waals surface area contributed by atoms with Gasteiger partial charge in [-0.3, -0.25) is 0 Å². The van der Waals surface area contributed by atoms with Gasteiger partial charge in [-0.1, -0.05) is 20.8 Å². The first-order chi connectivity index (χ1) is 9.99. The molecule has 21 heavy (non-hydrogen) atoms. The van der Waals surface area contributed by atoms with Gasteiger partial charge in [0.05, 0.1) is 5.54 Å². The van der Waals surface area contributed by atoms with Crippen LogP contribution >= 0.6 is 0 Å². The van der Waals surface area contributed by atoms with E-state index in [1.807, 2.05) is 20.8 Å². The molecule has 0 aliphatic carbocycles. The minimum absolute atomic E-state index is 0.113. The van der Waals surface area contributed by atoms with Crippen molar-refractivity contribution >= 4 is 5.69 Å². The topological polar surface area (TPSA) is 69.6 Å². The Morgan fingerprint density at radius 3 is 2.24 bits per heavy atom. The molecule has 1 aromatic carbocycles. The summed E-state index contributed by atoms with van der Waals surface area (Å²) in [5, 5.41) is 11.7. The zero-order chi connectivity index (χ0) is 15.6. The molecule has 2 rings (SSSR count). The molecule has 0 saturated heterocycles. The molecule has 0 radical (unpaired) electrons. The van der Waals surface area contributed by atoms with Crippen molar-refractivity contribution in [2.75, 3.05) is 5.73 Å². The normalized spacial score (nSPS) is 11.9. The Morgan fingerprint density at radius 2 is 1.67 bits per heavy atom. The van der Waals surface area contributed by atoms with Gasteiger partial charge in [-0.15, -0.1) is 5.10 Å². The molecular weight excluding hydrogens is 276 g/mol. The zero-order valence-electron chi connectivity index (χ0n) is 12.4. The lowest BCUT2D eigenvalue weighted by Gasteiger charge is -2.31. The van der Waals surface area contributed by atoms with Crippen molar-refractivity contribution in [2.24, 2.45) is 0 Å². The lowest BCUT2D eigenvalue weighted by atomic mass is 9.89. The van der Waals surface area contributed by atoms with Crippen molar-refractivity contribution in [3.63, 3.8) is 0 Å². The molecule has 2 N–H and O–H groups in total. The number of tetrazole rings is 1. The molecule has 0 spiro atoms. The Kier molecular flexibility index (Phi) is 4.20. The average Bonchev–Trinajstić information content (AvgIpc) is 2.95. The van der Waals surface area contributed by atoms with Crippen LogP contribution in [-0.2, 0) is 5.54 Å². The molecule has 1 heterocycles. The van der Waals surface area contributed by atoms with E-state index in [2.05, 4.69) is 15.5 Å². The third-order valence-corrected chi connectivity index (χ3v) is 4.23. The van der Waals surface area contributed by atoms with E-state index in [4.69, 9.17) is 5.73 Å². The fourth-order valence-electron chi connectivity index (χ4n) is 2.63. The minimum atomic E-state index is -0.983. The third kappa shape index (κ3) is 2.48. The maximum absolute atomic E-state index is 13.5. The lowest BCUT2D eigenvalue weighted by Crippen LogP contribution is -2.33. The molecule has 0 atom stereocenters. The molecule has 0 fully saturated rings. The van der Waals surface area contributed by atoms with Gasteiger partial charge in [-0.25, -0.2) is 13.5 Å². The van der Waals surface area contributed by atoms with E-state index in [1.165, 1.54) is 0 Å². The molecule has 5 nitrogen and oxygen atoms in total. The first kappa shape index (κ1) is 15.3. The zero-order valence-corrected chi connectivity index (χ0v) is 12.4. The van der Waals surface area contributed by atoms with Crippen LogP contribution in [0.4, 0.5) is 14.5 Å². The summed E-state index contributed by atoms with van der Waals surface area (Å²) in [4.78, 5) is 0. The smallest absolute Gasteiger partial charge is 0.184 e. The first-order valence-corrected chi connectivity index (χ1v) is 7.02. The second-order valence-corrected chi connectivity index (χ2v) is 5.05. The second kappa shape index (κ2) is 5.75. The molecule has 2 aromatic rings. The number of rotatable bonds is 5. The van der Waals surface area contributed by atoms with Crippen LogP contribution in [0, 0.1) is 11.6 Å². The van der Waals surface area contributed by atoms with Crippen molar-refractivity contribution in [1.82, 2.24) is 20.2 Å². The molecule has 1 aromatic heterocycles. The number of nitrogens with zero attached hydrogens (tertiary/aromatic N) is 4. The summed E-state index contributed by atoms with van der Waals surface area (Å²) >= 11 is 0. The second-order valence-electron chi connectivity index (χ2n) is 5.05. The van der Waals surface area contributed by atoms with E-state index in [1.54, 1.807) is 4.68 Å². The molecule has 114 valence electrons. The quantitative estimate of drug-likeness (QED) is 0.860. The van der Waals surface area contributed by atoms with Crippen LogP contribution in [0.25, 0.3) is 11.4 Å². The highest BCUT2D eigenvalue weighted by Crippen LogP contribution is 2.34. The lowest BCUT2D eigenvalue weighted by molar-refractivity contribution is 0.223. The van der Waals surface area contributed by atoms with Gasteiger partial charge in [0.15, 0.2) is 17.5 Å². The molecule has 7 heteroatoms. The summed E-state index contributed by atoms with van der Waals surface area (Å²) in [7, 11) is 0. The summed E-state index contributed by atoms with van der Waals surface area (Å²) < 4.78 is 28.4. The molecule has 0 saturated carbocycles. The predicted octanol–water partition coefficient (Wildman–Crippen LogP) is 3.13. The molecular formula is C14H19F2N5. The maximum atomic E-state index is 13.5. The predicted molar refractivity (Wildman–Crippen MR) is 76.4 cm³/mol. The van der Waals surface area contributed by atoms with Crippen LogP contribution in [-0.4, -0.2) is 20.2 Å². The standard InChI is InChI=1S/C14H19F2N5/c1-4-14(5-2,6-3)21-13(18-19-20-21)9-7-10(15)11(16)8-12(9)17/h7-8H,4-6,17H2,1-3H3. The molecule has 0 aliphatic heterocycles. The van der Waals surface area contributed by atoms with Crippen molar-refractivity contribution in [2.45, 2.75) is 45.6 Å². The van der Waals surface area contributed by atoms with Gasteiger partial charge in [-0.05, 0) is 35.8 Å². The number of hydrogen-bond acceptors (Lipinski definition) is 4. The molecule has 0 amide bonds. The number of aromatic nitrogens is 4. The van der Waals surface area contributed by atoms with Gasteiger partial charge in [0.1, 0.15) is 0 Å². The van der Waals surface area contributed by atoms with E-state index in [-0.39, 0.29) is 11.2 Å². The highest BCUT2D eigenvalue weighted by molar-refractivity contribution is 5.71. The van der Waals surface area contributed by atoms with Gasteiger partial charge in [0.25, 0.3) is 0 Å². The molecule has 0 aliphatic rings. The fraction of sp³-hybridized carbons (Fsp3) is 0.500. The summed E-state index contributed by atoms with van der Waals surface area (Å²) in [6, 6.07) is 1.99. The van der Waals surface area contributed by atoms with E-state index >= 15 is 0 Å². The van der Waals surface area contributed by atoms with E-state index in [0.717, 1.165) is 31.4 Å². The summed E-state index contributed by atoms with van der Waals surface area (Å²) in [5.74, 6) is -1.59.